The van der Waals surface area contributed by atoms with Crippen LogP contribution in [0, 0.1) is 0 Å². The summed E-state index contributed by atoms with van der Waals surface area (Å²) >= 11 is 0. The zero-order chi connectivity index (χ0) is 20.2. The zero-order valence-electron chi connectivity index (χ0n) is 15.9. The monoisotopic (exact) mass is 392 g/mol. The molecule has 2 N–H and O–H groups in total. The van der Waals surface area contributed by atoms with E-state index in [0.29, 0.717) is 47.7 Å². The van der Waals surface area contributed by atoms with Gasteiger partial charge < -0.3 is 15.0 Å². The smallest absolute Gasteiger partial charge is 0.341 e. The summed E-state index contributed by atoms with van der Waals surface area (Å²) in [6, 6.07) is 5.55. The summed E-state index contributed by atoms with van der Waals surface area (Å²) in [5, 5.41) is 4.30. The SMILES string of the molecule is CCc1c(C(=O)OCCCn2cnc3c(N)ncnc32)cnn1-c1ccccn1. The molecule has 0 atom stereocenters. The molecule has 0 amide bonds. The lowest BCUT2D eigenvalue weighted by molar-refractivity contribution is 0.0495. The number of pyridine rings is 1. The first-order valence-corrected chi connectivity index (χ1v) is 9.25. The molecule has 148 valence electrons. The van der Waals surface area contributed by atoms with Crippen LogP contribution >= 0.6 is 0 Å². The van der Waals surface area contributed by atoms with Gasteiger partial charge in [0, 0.05) is 12.7 Å². The molecule has 10 heteroatoms. The molecule has 4 rings (SSSR count). The minimum atomic E-state index is -0.397. The zero-order valence-corrected chi connectivity index (χ0v) is 15.9. The van der Waals surface area contributed by atoms with Gasteiger partial charge in [-0.25, -0.2) is 29.4 Å². The van der Waals surface area contributed by atoms with E-state index in [1.165, 1.54) is 12.5 Å². The molecule has 0 bridgehead atoms. The lowest BCUT2D eigenvalue weighted by atomic mass is 10.2. The Kier molecular flexibility index (Phi) is 5.14. The van der Waals surface area contributed by atoms with Crippen molar-refractivity contribution in [1.82, 2.24) is 34.3 Å². The summed E-state index contributed by atoms with van der Waals surface area (Å²) < 4.78 is 8.97. The number of aryl methyl sites for hydroxylation is 1. The van der Waals surface area contributed by atoms with Crippen molar-refractivity contribution in [1.29, 1.82) is 0 Å². The Hall–Kier alpha value is -3.82. The fourth-order valence-corrected chi connectivity index (χ4v) is 3.10. The maximum absolute atomic E-state index is 12.5. The topological polar surface area (TPSA) is 127 Å². The molecule has 0 spiro atoms. The number of rotatable bonds is 7. The predicted octanol–water partition coefficient (Wildman–Crippen LogP) is 1.80. The minimum absolute atomic E-state index is 0.261. The number of esters is 1. The van der Waals surface area contributed by atoms with E-state index in [1.807, 2.05) is 29.7 Å². The largest absolute Gasteiger partial charge is 0.462 e. The summed E-state index contributed by atoms with van der Waals surface area (Å²) in [5.74, 6) is 0.611. The average Bonchev–Trinajstić information content (AvgIpc) is 3.37. The molecule has 0 unspecified atom stereocenters. The van der Waals surface area contributed by atoms with Crippen LogP contribution in [0.1, 0.15) is 29.4 Å². The number of hydrogen-bond donors (Lipinski definition) is 1. The number of ether oxygens (including phenoxy) is 1. The van der Waals surface area contributed by atoms with E-state index < -0.39 is 5.97 Å². The molecule has 0 aromatic carbocycles. The molecule has 10 nitrogen and oxygen atoms in total. The number of hydrogen-bond acceptors (Lipinski definition) is 8. The summed E-state index contributed by atoms with van der Waals surface area (Å²) in [4.78, 5) is 29.2. The number of nitrogens with two attached hydrogens (primary N) is 1. The molecule has 0 radical (unpaired) electrons. The van der Waals surface area contributed by atoms with Crippen LogP contribution in [0.3, 0.4) is 0 Å². The molecule has 0 fully saturated rings. The van der Waals surface area contributed by atoms with Crippen molar-refractivity contribution in [3.8, 4) is 5.82 Å². The van der Waals surface area contributed by atoms with Gasteiger partial charge >= 0.3 is 5.97 Å². The van der Waals surface area contributed by atoms with Crippen LogP contribution in [0.25, 0.3) is 17.0 Å². The van der Waals surface area contributed by atoms with Crippen molar-refractivity contribution in [2.75, 3.05) is 12.3 Å². The van der Waals surface area contributed by atoms with Gasteiger partial charge in [-0.3, -0.25) is 0 Å². The second-order valence-corrected chi connectivity index (χ2v) is 6.32. The molecule has 29 heavy (non-hydrogen) atoms. The molecule has 0 saturated carbocycles. The maximum Gasteiger partial charge on any atom is 0.341 e. The van der Waals surface area contributed by atoms with E-state index in [-0.39, 0.29) is 6.61 Å². The van der Waals surface area contributed by atoms with E-state index in [0.717, 1.165) is 5.69 Å². The Labute approximate surface area is 166 Å². The van der Waals surface area contributed by atoms with E-state index in [1.54, 1.807) is 17.2 Å². The molecular weight excluding hydrogens is 372 g/mol. The predicted molar refractivity (Wildman–Crippen MR) is 105 cm³/mol. The van der Waals surface area contributed by atoms with E-state index in [4.69, 9.17) is 10.5 Å². The van der Waals surface area contributed by atoms with Gasteiger partial charge in [0.2, 0.25) is 0 Å². The quantitative estimate of drug-likeness (QED) is 0.373. The fourth-order valence-electron chi connectivity index (χ4n) is 3.10. The summed E-state index contributed by atoms with van der Waals surface area (Å²) in [7, 11) is 0. The average molecular weight is 392 g/mol. The maximum atomic E-state index is 12.5. The Morgan fingerprint density at radius 3 is 2.90 bits per heavy atom. The highest BCUT2D eigenvalue weighted by Crippen LogP contribution is 2.16. The first-order chi connectivity index (χ1) is 14.2. The lowest BCUT2D eigenvalue weighted by Gasteiger charge is -2.08. The van der Waals surface area contributed by atoms with Gasteiger partial charge in [0.25, 0.3) is 0 Å². The van der Waals surface area contributed by atoms with Crippen molar-refractivity contribution >= 4 is 23.0 Å². The minimum Gasteiger partial charge on any atom is -0.462 e. The Bertz CT molecular complexity index is 1140. The molecule has 0 aliphatic rings. The van der Waals surface area contributed by atoms with Crippen molar-refractivity contribution in [3.63, 3.8) is 0 Å². The Morgan fingerprint density at radius 1 is 1.21 bits per heavy atom. The van der Waals surface area contributed by atoms with Crippen molar-refractivity contribution in [2.45, 2.75) is 26.3 Å². The second kappa shape index (κ2) is 8.05. The number of carbonyl (C=O) groups excluding carboxylic acids is 1. The number of aromatic nitrogens is 7. The van der Waals surface area contributed by atoms with Gasteiger partial charge in [-0.05, 0) is 25.0 Å². The number of fused-ring (bicyclic) bond motifs is 1. The Balaban J connectivity index is 1.39. The first kappa shape index (κ1) is 18.5. The van der Waals surface area contributed by atoms with Crippen LogP contribution in [0.15, 0.2) is 43.2 Å². The summed E-state index contributed by atoms with van der Waals surface area (Å²) in [6.07, 6.45) is 7.51. The lowest BCUT2D eigenvalue weighted by Crippen LogP contribution is -2.11. The van der Waals surface area contributed by atoms with Crippen molar-refractivity contribution < 1.29 is 9.53 Å². The Morgan fingerprint density at radius 2 is 2.10 bits per heavy atom. The highest BCUT2D eigenvalue weighted by molar-refractivity contribution is 5.90. The third-order valence-electron chi connectivity index (χ3n) is 4.50. The molecule has 0 aliphatic carbocycles. The number of anilines is 1. The first-order valence-electron chi connectivity index (χ1n) is 9.25. The summed E-state index contributed by atoms with van der Waals surface area (Å²) in [5.41, 5.74) is 8.24. The van der Waals surface area contributed by atoms with Crippen molar-refractivity contribution in [2.24, 2.45) is 0 Å². The molecule has 4 heterocycles. The van der Waals surface area contributed by atoms with Crippen LogP contribution in [0.2, 0.25) is 0 Å². The highest BCUT2D eigenvalue weighted by Gasteiger charge is 2.19. The van der Waals surface area contributed by atoms with Gasteiger partial charge in [0.15, 0.2) is 17.3 Å². The van der Waals surface area contributed by atoms with Gasteiger partial charge in [0.1, 0.15) is 17.4 Å². The standard InChI is InChI=1S/C19H20N8O2/c1-2-14-13(10-25-27(14)15-6-3-4-7-21-15)19(28)29-9-5-8-26-12-24-16-17(20)22-11-23-18(16)26/h3-4,6-7,10-12H,2,5,8-9H2,1H3,(H2,20,22,23). The van der Waals surface area contributed by atoms with Crippen LogP contribution in [0.5, 0.6) is 0 Å². The van der Waals surface area contributed by atoms with E-state index in [2.05, 4.69) is 25.0 Å². The molecule has 4 aromatic rings. The number of nitrogen functional groups attached to an aromatic ring is 1. The number of nitrogens with zero attached hydrogens (tertiary/aromatic N) is 7. The molecular formula is C19H20N8O2. The van der Waals surface area contributed by atoms with Crippen molar-refractivity contribution in [3.05, 3.63) is 54.5 Å². The van der Waals surface area contributed by atoms with Gasteiger partial charge in [-0.15, -0.1) is 0 Å². The van der Waals surface area contributed by atoms with Crippen LogP contribution < -0.4 is 5.73 Å². The normalized spacial score (nSPS) is 11.1. The van der Waals surface area contributed by atoms with Crippen LogP contribution in [-0.4, -0.2) is 46.9 Å². The van der Waals surface area contributed by atoms with Gasteiger partial charge in [-0.2, -0.15) is 5.10 Å². The highest BCUT2D eigenvalue weighted by atomic mass is 16.5. The van der Waals surface area contributed by atoms with Crippen LogP contribution in [0.4, 0.5) is 5.82 Å². The number of carbonyl (C=O) groups is 1. The molecule has 0 saturated heterocycles. The van der Waals surface area contributed by atoms with Gasteiger partial charge in [-0.1, -0.05) is 13.0 Å². The van der Waals surface area contributed by atoms with E-state index in [9.17, 15) is 4.79 Å². The summed E-state index contributed by atoms with van der Waals surface area (Å²) in [6.45, 7) is 2.82. The number of imidazole rings is 1. The van der Waals surface area contributed by atoms with Gasteiger partial charge in [0.05, 0.1) is 24.8 Å². The third-order valence-corrected chi connectivity index (χ3v) is 4.50. The van der Waals surface area contributed by atoms with E-state index >= 15 is 0 Å². The molecule has 0 aliphatic heterocycles. The second-order valence-electron chi connectivity index (χ2n) is 6.32. The third kappa shape index (κ3) is 3.64. The fraction of sp³-hybridized carbons (Fsp3) is 0.263. The molecule has 4 aromatic heterocycles. The van der Waals surface area contributed by atoms with Crippen LogP contribution in [-0.2, 0) is 17.7 Å².